The summed E-state index contributed by atoms with van der Waals surface area (Å²) in [6.07, 6.45) is 6.33. The molecule has 1 aromatic carbocycles. The first-order valence-corrected chi connectivity index (χ1v) is 9.42. The van der Waals surface area contributed by atoms with Gasteiger partial charge in [-0.15, -0.1) is 0 Å². The third-order valence-electron chi connectivity index (χ3n) is 5.19. The first kappa shape index (κ1) is 14.4. The van der Waals surface area contributed by atoms with Gasteiger partial charge >= 0.3 is 0 Å². The smallest absolute Gasteiger partial charge is 0.181 e. The van der Waals surface area contributed by atoms with E-state index in [1.54, 1.807) is 24.3 Å². The molecule has 1 aliphatic heterocycles. The van der Waals surface area contributed by atoms with Gasteiger partial charge in [0.1, 0.15) is 0 Å². The van der Waals surface area contributed by atoms with Gasteiger partial charge in [0.15, 0.2) is 15.6 Å². The van der Waals surface area contributed by atoms with Crippen LogP contribution >= 0.6 is 0 Å². The van der Waals surface area contributed by atoms with Crippen molar-refractivity contribution in [1.82, 2.24) is 0 Å². The Hall–Kier alpha value is -1.17. The Morgan fingerprint density at radius 2 is 1.77 bits per heavy atom. The molecule has 22 heavy (non-hydrogen) atoms. The van der Waals surface area contributed by atoms with Crippen LogP contribution in [0.4, 0.5) is 0 Å². The third kappa shape index (κ3) is 2.14. The zero-order chi connectivity index (χ0) is 15.2. The molecule has 0 unspecified atom stereocenters. The van der Waals surface area contributed by atoms with Gasteiger partial charge in [-0.05, 0) is 30.9 Å². The van der Waals surface area contributed by atoms with Gasteiger partial charge in [0.05, 0.1) is 23.4 Å². The van der Waals surface area contributed by atoms with Gasteiger partial charge in [-0.25, -0.2) is 8.42 Å². The molecule has 4 nitrogen and oxygen atoms in total. The Labute approximate surface area is 131 Å². The standard InChI is InChI=1S/C17H20O4S/c18-22(19,15-4-2-1-3-5-15)16-12-14-7-6-13(16)8-9-17(14)20-10-11-21-17/h1-7,13-14,16H,8-12H2/t13-,14+,16-/m0/s1. The van der Waals surface area contributed by atoms with Crippen LogP contribution in [0.1, 0.15) is 19.3 Å². The van der Waals surface area contributed by atoms with Gasteiger partial charge in [0.25, 0.3) is 0 Å². The Balaban J connectivity index is 1.69. The molecule has 4 aliphatic rings. The summed E-state index contributed by atoms with van der Waals surface area (Å²) in [5.41, 5.74) is 0. The van der Waals surface area contributed by atoms with Crippen molar-refractivity contribution in [2.75, 3.05) is 13.2 Å². The number of ether oxygens (including phenoxy) is 2. The van der Waals surface area contributed by atoms with Crippen molar-refractivity contribution < 1.29 is 17.9 Å². The predicted molar refractivity (Wildman–Crippen MR) is 82.0 cm³/mol. The van der Waals surface area contributed by atoms with Crippen LogP contribution in [0.15, 0.2) is 47.4 Å². The normalized spacial score (nSPS) is 33.2. The van der Waals surface area contributed by atoms with Gasteiger partial charge in [-0.1, -0.05) is 30.4 Å². The predicted octanol–water partition coefficient (Wildman–Crippen LogP) is 2.56. The number of fused-ring (bicyclic) bond motifs is 2. The number of hydrogen-bond donors (Lipinski definition) is 0. The Morgan fingerprint density at radius 3 is 2.50 bits per heavy atom. The first-order chi connectivity index (χ1) is 10.6. The minimum absolute atomic E-state index is 0.0252. The molecule has 118 valence electrons. The molecule has 0 N–H and O–H groups in total. The van der Waals surface area contributed by atoms with E-state index >= 15 is 0 Å². The molecule has 0 radical (unpaired) electrons. The summed E-state index contributed by atoms with van der Waals surface area (Å²) in [6.45, 7) is 1.20. The fourth-order valence-corrected chi connectivity index (χ4v) is 6.07. The molecule has 2 fully saturated rings. The van der Waals surface area contributed by atoms with E-state index in [0.717, 1.165) is 12.8 Å². The Bertz CT molecular complexity index is 674. The molecular weight excluding hydrogens is 300 g/mol. The molecule has 3 aliphatic carbocycles. The maximum atomic E-state index is 13.0. The number of rotatable bonds is 2. The highest BCUT2D eigenvalue weighted by molar-refractivity contribution is 7.92. The minimum Gasteiger partial charge on any atom is -0.347 e. The molecule has 5 rings (SSSR count). The number of allylic oxidation sites excluding steroid dienone is 1. The van der Waals surface area contributed by atoms with Crippen LogP contribution in [0.25, 0.3) is 0 Å². The lowest BCUT2D eigenvalue weighted by molar-refractivity contribution is -0.187. The summed E-state index contributed by atoms with van der Waals surface area (Å²) >= 11 is 0. The van der Waals surface area contributed by atoms with Crippen molar-refractivity contribution in [3.05, 3.63) is 42.5 Å². The number of hydrogen-bond acceptors (Lipinski definition) is 4. The van der Waals surface area contributed by atoms with E-state index in [2.05, 4.69) is 12.2 Å². The van der Waals surface area contributed by atoms with E-state index in [0.29, 0.717) is 24.5 Å². The van der Waals surface area contributed by atoms with Crippen molar-refractivity contribution in [1.29, 1.82) is 0 Å². The van der Waals surface area contributed by atoms with Crippen LogP contribution in [0.3, 0.4) is 0 Å². The Morgan fingerprint density at radius 1 is 1.05 bits per heavy atom. The molecule has 0 aromatic heterocycles. The second kappa shape index (κ2) is 5.18. The lowest BCUT2D eigenvalue weighted by Crippen LogP contribution is -2.40. The number of sulfone groups is 1. The highest BCUT2D eigenvalue weighted by atomic mass is 32.2. The van der Waals surface area contributed by atoms with Crippen molar-refractivity contribution in [2.24, 2.45) is 11.8 Å². The molecule has 0 amide bonds. The average molecular weight is 320 g/mol. The largest absolute Gasteiger partial charge is 0.347 e. The molecule has 1 spiro atoms. The molecule has 1 saturated heterocycles. The summed E-state index contributed by atoms with van der Waals surface area (Å²) in [6, 6.07) is 8.78. The zero-order valence-electron chi connectivity index (χ0n) is 12.4. The first-order valence-electron chi connectivity index (χ1n) is 7.87. The van der Waals surface area contributed by atoms with Crippen LogP contribution in [0, 0.1) is 11.8 Å². The second-order valence-electron chi connectivity index (χ2n) is 6.33. The molecule has 2 bridgehead atoms. The van der Waals surface area contributed by atoms with Crippen molar-refractivity contribution in [3.63, 3.8) is 0 Å². The zero-order valence-corrected chi connectivity index (χ0v) is 13.2. The van der Waals surface area contributed by atoms with E-state index in [9.17, 15) is 8.42 Å². The number of benzene rings is 1. The molecule has 5 heteroatoms. The highest BCUT2D eigenvalue weighted by Gasteiger charge is 2.51. The minimum atomic E-state index is -3.32. The summed E-state index contributed by atoms with van der Waals surface area (Å²) in [5.74, 6) is -0.516. The van der Waals surface area contributed by atoms with Gasteiger partial charge in [-0.3, -0.25) is 0 Å². The van der Waals surface area contributed by atoms with Gasteiger partial charge in [0, 0.05) is 12.3 Å². The van der Waals surface area contributed by atoms with Gasteiger partial charge < -0.3 is 9.47 Å². The second-order valence-corrected chi connectivity index (χ2v) is 8.50. The van der Waals surface area contributed by atoms with Gasteiger partial charge in [-0.2, -0.15) is 0 Å². The van der Waals surface area contributed by atoms with E-state index in [4.69, 9.17) is 9.47 Å². The van der Waals surface area contributed by atoms with Crippen LogP contribution in [0.5, 0.6) is 0 Å². The summed E-state index contributed by atoms with van der Waals surface area (Å²) < 4.78 is 37.8. The lowest BCUT2D eigenvalue weighted by atomic mass is 9.88. The van der Waals surface area contributed by atoms with E-state index in [1.807, 2.05) is 6.07 Å². The average Bonchev–Trinajstić information content (AvgIpc) is 2.90. The lowest BCUT2D eigenvalue weighted by Gasteiger charge is -2.34. The monoisotopic (exact) mass is 320 g/mol. The van der Waals surface area contributed by atoms with E-state index < -0.39 is 15.6 Å². The molecule has 3 atom stereocenters. The summed E-state index contributed by atoms with van der Waals surface area (Å²) in [4.78, 5) is 0.420. The van der Waals surface area contributed by atoms with Gasteiger partial charge in [0.2, 0.25) is 0 Å². The van der Waals surface area contributed by atoms with E-state index in [-0.39, 0.29) is 17.1 Å². The Kier molecular flexibility index (Phi) is 3.40. The van der Waals surface area contributed by atoms with Crippen molar-refractivity contribution >= 4 is 9.84 Å². The maximum absolute atomic E-state index is 13.0. The van der Waals surface area contributed by atoms with Crippen LogP contribution in [0.2, 0.25) is 0 Å². The topological polar surface area (TPSA) is 52.6 Å². The van der Waals surface area contributed by atoms with Crippen molar-refractivity contribution in [3.8, 4) is 0 Å². The molecular formula is C17H20O4S. The summed E-state index contributed by atoms with van der Waals surface area (Å²) in [5, 5.41) is -0.378. The molecule has 1 saturated carbocycles. The summed E-state index contributed by atoms with van der Waals surface area (Å²) in [7, 11) is -3.32. The molecule has 1 heterocycles. The highest BCUT2D eigenvalue weighted by Crippen LogP contribution is 2.47. The third-order valence-corrected chi connectivity index (χ3v) is 7.46. The molecule has 1 aromatic rings. The SMILES string of the molecule is O=S(=O)(c1ccccc1)[C@H]1C[C@H]2C=C[C@H]1CCC21OCCO1. The van der Waals surface area contributed by atoms with E-state index in [1.165, 1.54) is 0 Å². The van der Waals surface area contributed by atoms with Crippen molar-refractivity contribution in [2.45, 2.75) is 35.2 Å². The quantitative estimate of drug-likeness (QED) is 0.786. The van der Waals surface area contributed by atoms with Crippen LogP contribution < -0.4 is 0 Å². The fourth-order valence-electron chi connectivity index (χ4n) is 4.04. The fraction of sp³-hybridized carbons (Fsp3) is 0.529. The maximum Gasteiger partial charge on any atom is 0.181 e. The van der Waals surface area contributed by atoms with Crippen LogP contribution in [-0.4, -0.2) is 32.7 Å². The van der Waals surface area contributed by atoms with Crippen LogP contribution in [-0.2, 0) is 19.3 Å².